The fraction of sp³-hybridized carbons (Fsp3) is 0.111. The molecule has 7 nitrogen and oxygen atoms in total. The highest BCUT2D eigenvalue weighted by Crippen LogP contribution is 2.23. The number of aromatic nitrogens is 5. The summed E-state index contributed by atoms with van der Waals surface area (Å²) in [5.74, 6) is -2.21. The van der Waals surface area contributed by atoms with Crippen molar-refractivity contribution in [3.05, 3.63) is 65.7 Å². The van der Waals surface area contributed by atoms with Gasteiger partial charge in [-0.1, -0.05) is 0 Å². The minimum absolute atomic E-state index is 0.0558. The average molecular weight is 368 g/mol. The van der Waals surface area contributed by atoms with E-state index in [9.17, 15) is 13.6 Å². The number of carbonyl (C=O) groups is 1. The van der Waals surface area contributed by atoms with Gasteiger partial charge in [0.25, 0.3) is 5.91 Å². The minimum atomic E-state index is -0.864. The quantitative estimate of drug-likeness (QED) is 0.603. The summed E-state index contributed by atoms with van der Waals surface area (Å²) < 4.78 is 30.0. The van der Waals surface area contributed by atoms with Crippen molar-refractivity contribution in [3.63, 3.8) is 0 Å². The van der Waals surface area contributed by atoms with Crippen molar-refractivity contribution in [3.8, 4) is 11.3 Å². The molecule has 0 bridgehead atoms. The number of nitrogens with zero attached hydrogens (tertiary/aromatic N) is 5. The van der Waals surface area contributed by atoms with E-state index in [2.05, 4.69) is 20.5 Å². The first kappa shape index (κ1) is 16.8. The van der Waals surface area contributed by atoms with Crippen LogP contribution < -0.4 is 5.32 Å². The fourth-order valence-corrected chi connectivity index (χ4v) is 2.74. The first-order chi connectivity index (χ1) is 12.9. The number of fused-ring (bicyclic) bond motifs is 1. The van der Waals surface area contributed by atoms with E-state index in [1.165, 1.54) is 10.6 Å². The molecule has 0 atom stereocenters. The molecule has 0 aliphatic heterocycles. The van der Waals surface area contributed by atoms with Gasteiger partial charge in [0.05, 0.1) is 17.6 Å². The highest BCUT2D eigenvalue weighted by Gasteiger charge is 2.17. The zero-order chi connectivity index (χ0) is 19.1. The van der Waals surface area contributed by atoms with Gasteiger partial charge in [0, 0.05) is 36.6 Å². The third kappa shape index (κ3) is 2.92. The second-order valence-corrected chi connectivity index (χ2v) is 5.98. The Morgan fingerprint density at radius 1 is 1.19 bits per heavy atom. The number of hydrogen-bond acceptors (Lipinski definition) is 4. The topological polar surface area (TPSA) is 77.1 Å². The number of aryl methyl sites for hydroxylation is 1. The van der Waals surface area contributed by atoms with Gasteiger partial charge in [0.2, 0.25) is 0 Å². The van der Waals surface area contributed by atoms with Crippen molar-refractivity contribution in [2.24, 2.45) is 7.05 Å². The molecule has 0 saturated carbocycles. The lowest BCUT2D eigenvalue weighted by Gasteiger charge is -2.05. The van der Waals surface area contributed by atoms with E-state index < -0.39 is 17.5 Å². The number of rotatable bonds is 3. The molecule has 136 valence electrons. The van der Waals surface area contributed by atoms with Gasteiger partial charge in [-0.3, -0.25) is 9.48 Å². The summed E-state index contributed by atoms with van der Waals surface area (Å²) >= 11 is 0. The molecule has 0 saturated heterocycles. The first-order valence-electron chi connectivity index (χ1n) is 8.04. The molecule has 4 aromatic rings. The van der Waals surface area contributed by atoms with E-state index in [0.29, 0.717) is 11.7 Å². The summed E-state index contributed by atoms with van der Waals surface area (Å²) in [6, 6.07) is 6.18. The standard InChI is InChI=1S/C18H14F2N6O/c1-10-12(9-22-25(10)2)16-5-6-21-17-8-15(24-26(16)17)18(27)23-14-4-3-11(19)7-13(14)20/h3-9H,1-2H3,(H,23,27). The second-order valence-electron chi connectivity index (χ2n) is 5.98. The van der Waals surface area contributed by atoms with Crippen molar-refractivity contribution in [2.75, 3.05) is 5.32 Å². The Morgan fingerprint density at radius 3 is 2.70 bits per heavy atom. The number of hydrogen-bond donors (Lipinski definition) is 1. The Kier molecular flexibility index (Phi) is 3.91. The van der Waals surface area contributed by atoms with Crippen LogP contribution in [0.2, 0.25) is 0 Å². The van der Waals surface area contributed by atoms with E-state index in [0.717, 1.165) is 29.1 Å². The molecular formula is C18H14F2N6O. The Hall–Kier alpha value is -3.62. The molecule has 1 amide bonds. The average Bonchev–Trinajstić information content (AvgIpc) is 3.21. The Balaban J connectivity index is 1.72. The van der Waals surface area contributed by atoms with E-state index >= 15 is 0 Å². The third-order valence-corrected chi connectivity index (χ3v) is 4.28. The van der Waals surface area contributed by atoms with Gasteiger partial charge in [-0.05, 0) is 25.1 Å². The van der Waals surface area contributed by atoms with Crippen LogP contribution in [0.1, 0.15) is 16.2 Å². The van der Waals surface area contributed by atoms with E-state index in [-0.39, 0.29) is 11.4 Å². The van der Waals surface area contributed by atoms with Gasteiger partial charge in [0.15, 0.2) is 11.3 Å². The molecule has 1 N–H and O–H groups in total. The first-order valence-corrected chi connectivity index (χ1v) is 8.04. The molecule has 0 aliphatic carbocycles. The molecule has 1 aromatic carbocycles. The summed E-state index contributed by atoms with van der Waals surface area (Å²) in [5, 5.41) is 10.9. The predicted molar refractivity (Wildman–Crippen MR) is 94.2 cm³/mol. The molecule has 0 fully saturated rings. The van der Waals surface area contributed by atoms with Crippen molar-refractivity contribution in [2.45, 2.75) is 6.92 Å². The largest absolute Gasteiger partial charge is 0.318 e. The van der Waals surface area contributed by atoms with Crippen molar-refractivity contribution in [1.29, 1.82) is 0 Å². The Labute approximate surface area is 152 Å². The lowest BCUT2D eigenvalue weighted by molar-refractivity contribution is 0.102. The summed E-state index contributed by atoms with van der Waals surface area (Å²) in [6.45, 7) is 1.92. The van der Waals surface area contributed by atoms with Crippen LogP contribution in [-0.2, 0) is 7.05 Å². The van der Waals surface area contributed by atoms with E-state index in [4.69, 9.17) is 0 Å². The molecule has 3 heterocycles. The molecule has 0 radical (unpaired) electrons. The zero-order valence-corrected chi connectivity index (χ0v) is 14.4. The molecular weight excluding hydrogens is 354 g/mol. The highest BCUT2D eigenvalue weighted by molar-refractivity contribution is 6.03. The molecule has 3 aromatic heterocycles. The molecule has 4 rings (SSSR count). The highest BCUT2D eigenvalue weighted by atomic mass is 19.1. The maximum atomic E-state index is 13.8. The van der Waals surface area contributed by atoms with Gasteiger partial charge in [-0.15, -0.1) is 0 Å². The van der Waals surface area contributed by atoms with Gasteiger partial charge in [-0.2, -0.15) is 10.2 Å². The van der Waals surface area contributed by atoms with Gasteiger partial charge in [-0.25, -0.2) is 18.3 Å². The number of halogens is 2. The monoisotopic (exact) mass is 368 g/mol. The fourth-order valence-electron chi connectivity index (χ4n) is 2.74. The van der Waals surface area contributed by atoms with Crippen LogP contribution >= 0.6 is 0 Å². The normalized spacial score (nSPS) is 11.1. The number of benzene rings is 1. The van der Waals surface area contributed by atoms with Crippen LogP contribution in [0.4, 0.5) is 14.5 Å². The second kappa shape index (κ2) is 6.27. The van der Waals surface area contributed by atoms with Gasteiger partial charge < -0.3 is 5.32 Å². The lowest BCUT2D eigenvalue weighted by Crippen LogP contribution is -2.14. The Morgan fingerprint density at radius 2 is 2.00 bits per heavy atom. The van der Waals surface area contributed by atoms with E-state index in [1.807, 2.05) is 14.0 Å². The Bertz CT molecular complexity index is 1180. The molecule has 0 aliphatic rings. The smallest absolute Gasteiger partial charge is 0.276 e. The molecule has 27 heavy (non-hydrogen) atoms. The maximum absolute atomic E-state index is 13.8. The van der Waals surface area contributed by atoms with Crippen LogP contribution in [0.25, 0.3) is 16.9 Å². The number of anilines is 1. The van der Waals surface area contributed by atoms with E-state index in [1.54, 1.807) is 23.1 Å². The lowest BCUT2D eigenvalue weighted by atomic mass is 10.2. The number of amides is 1. The number of nitrogens with one attached hydrogen (secondary N) is 1. The SMILES string of the molecule is Cc1c(-c2ccnc3cc(C(=O)Nc4ccc(F)cc4F)nn23)cnn1C. The van der Waals surface area contributed by atoms with Crippen molar-refractivity contribution < 1.29 is 13.6 Å². The van der Waals surface area contributed by atoms with Crippen LogP contribution in [0.3, 0.4) is 0 Å². The van der Waals surface area contributed by atoms with Crippen molar-refractivity contribution in [1.82, 2.24) is 24.4 Å². The third-order valence-electron chi connectivity index (χ3n) is 4.28. The minimum Gasteiger partial charge on any atom is -0.318 e. The summed E-state index contributed by atoms with van der Waals surface area (Å²) in [6.07, 6.45) is 3.32. The molecule has 0 spiro atoms. The van der Waals surface area contributed by atoms with Gasteiger partial charge >= 0.3 is 0 Å². The zero-order valence-electron chi connectivity index (χ0n) is 14.4. The molecule has 0 unspecified atom stereocenters. The van der Waals surface area contributed by atoms with Crippen LogP contribution in [0.5, 0.6) is 0 Å². The van der Waals surface area contributed by atoms with Gasteiger partial charge in [0.1, 0.15) is 11.6 Å². The van der Waals surface area contributed by atoms with Crippen molar-refractivity contribution >= 4 is 17.2 Å². The number of carbonyl (C=O) groups excluding carboxylic acids is 1. The van der Waals surface area contributed by atoms with Crippen LogP contribution in [0, 0.1) is 18.6 Å². The predicted octanol–water partition coefficient (Wildman–Crippen LogP) is 2.97. The summed E-state index contributed by atoms with van der Waals surface area (Å²) in [5.41, 5.74) is 2.88. The molecule has 9 heteroatoms. The van der Waals surface area contributed by atoms with Crippen LogP contribution in [0.15, 0.2) is 42.7 Å². The summed E-state index contributed by atoms with van der Waals surface area (Å²) in [4.78, 5) is 16.7. The summed E-state index contributed by atoms with van der Waals surface area (Å²) in [7, 11) is 1.83. The maximum Gasteiger partial charge on any atom is 0.276 e. The van der Waals surface area contributed by atoms with Crippen LogP contribution in [-0.4, -0.2) is 30.3 Å².